The minimum atomic E-state index is -0.259. The fourth-order valence-corrected chi connectivity index (χ4v) is 4.31. The molecular formula is C23H16BrCl2N5OS. The molecule has 4 aromatic rings. The number of hydrogen-bond acceptors (Lipinski definition) is 5. The summed E-state index contributed by atoms with van der Waals surface area (Å²) >= 11 is 16.8. The monoisotopic (exact) mass is 559 g/mol. The molecule has 0 fully saturated rings. The van der Waals surface area contributed by atoms with E-state index >= 15 is 0 Å². The molecule has 0 unspecified atom stereocenters. The third-order valence-corrected chi connectivity index (χ3v) is 6.33. The number of hydrogen-bond donors (Lipinski definition) is 1. The second kappa shape index (κ2) is 11.0. The van der Waals surface area contributed by atoms with Crippen LogP contribution in [0, 0.1) is 0 Å². The van der Waals surface area contributed by atoms with Crippen molar-refractivity contribution in [3.8, 4) is 17.1 Å². The van der Waals surface area contributed by atoms with Crippen molar-refractivity contribution in [3.63, 3.8) is 0 Å². The molecule has 1 heterocycles. The SMILES string of the molecule is O=C(CSc1nnc(-c2ccc(Cl)cc2)n1-c1ccc(Cl)cc1)N/N=C\c1cccc(Br)c1. The van der Waals surface area contributed by atoms with Crippen molar-refractivity contribution in [3.05, 3.63) is 92.9 Å². The van der Waals surface area contributed by atoms with E-state index in [4.69, 9.17) is 23.2 Å². The van der Waals surface area contributed by atoms with Crippen LogP contribution in [0.3, 0.4) is 0 Å². The Morgan fingerprint density at radius 2 is 1.73 bits per heavy atom. The molecule has 1 N–H and O–H groups in total. The molecule has 0 spiro atoms. The largest absolute Gasteiger partial charge is 0.272 e. The summed E-state index contributed by atoms with van der Waals surface area (Å²) in [6.07, 6.45) is 1.59. The topological polar surface area (TPSA) is 72.2 Å². The fraction of sp³-hybridized carbons (Fsp3) is 0.0435. The molecule has 10 heteroatoms. The number of benzene rings is 3. The number of thioether (sulfide) groups is 1. The van der Waals surface area contributed by atoms with E-state index in [1.165, 1.54) is 11.8 Å². The van der Waals surface area contributed by atoms with Gasteiger partial charge in [0, 0.05) is 25.8 Å². The van der Waals surface area contributed by atoms with Crippen LogP contribution in [-0.4, -0.2) is 32.6 Å². The Hall–Kier alpha value is -2.65. The molecule has 0 atom stereocenters. The van der Waals surface area contributed by atoms with E-state index in [2.05, 4.69) is 36.7 Å². The highest BCUT2D eigenvalue weighted by Gasteiger charge is 2.17. The van der Waals surface area contributed by atoms with Gasteiger partial charge in [-0.15, -0.1) is 10.2 Å². The molecule has 0 saturated heterocycles. The first kappa shape index (κ1) is 23.5. The van der Waals surface area contributed by atoms with Crippen molar-refractivity contribution in [1.82, 2.24) is 20.2 Å². The molecule has 1 aromatic heterocycles. The van der Waals surface area contributed by atoms with Crippen LogP contribution >= 0.6 is 50.9 Å². The van der Waals surface area contributed by atoms with E-state index < -0.39 is 0 Å². The van der Waals surface area contributed by atoms with Crippen LogP contribution in [0.1, 0.15) is 5.56 Å². The van der Waals surface area contributed by atoms with E-state index in [-0.39, 0.29) is 11.7 Å². The predicted molar refractivity (Wildman–Crippen MR) is 137 cm³/mol. The minimum absolute atomic E-state index is 0.113. The lowest BCUT2D eigenvalue weighted by Crippen LogP contribution is -2.20. The zero-order valence-corrected chi connectivity index (χ0v) is 20.9. The average molecular weight is 561 g/mol. The molecular weight excluding hydrogens is 545 g/mol. The van der Waals surface area contributed by atoms with Gasteiger partial charge in [-0.25, -0.2) is 5.43 Å². The number of carbonyl (C=O) groups is 1. The van der Waals surface area contributed by atoms with E-state index in [9.17, 15) is 4.79 Å². The number of rotatable bonds is 7. The van der Waals surface area contributed by atoms with Crippen LogP contribution in [0.25, 0.3) is 17.1 Å². The molecule has 6 nitrogen and oxygen atoms in total. The molecule has 3 aromatic carbocycles. The van der Waals surface area contributed by atoms with E-state index in [1.807, 2.05) is 53.1 Å². The number of halogens is 3. The molecule has 0 bridgehead atoms. The Labute approximate surface area is 213 Å². The number of hydrazone groups is 1. The highest BCUT2D eigenvalue weighted by atomic mass is 79.9. The van der Waals surface area contributed by atoms with Crippen molar-refractivity contribution in [2.45, 2.75) is 5.16 Å². The molecule has 166 valence electrons. The number of amides is 1. The van der Waals surface area contributed by atoms with Gasteiger partial charge < -0.3 is 0 Å². The van der Waals surface area contributed by atoms with Crippen molar-refractivity contribution in [2.24, 2.45) is 5.10 Å². The zero-order valence-electron chi connectivity index (χ0n) is 17.0. The lowest BCUT2D eigenvalue weighted by molar-refractivity contribution is -0.118. The first-order chi connectivity index (χ1) is 16.0. The van der Waals surface area contributed by atoms with E-state index in [1.54, 1.807) is 30.5 Å². The maximum absolute atomic E-state index is 12.3. The fourth-order valence-electron chi connectivity index (χ4n) is 2.90. The van der Waals surface area contributed by atoms with Gasteiger partial charge in [0.05, 0.1) is 12.0 Å². The van der Waals surface area contributed by atoms with Crippen molar-refractivity contribution >= 4 is 63.0 Å². The predicted octanol–water partition coefficient (Wildman–Crippen LogP) is 6.25. The molecule has 33 heavy (non-hydrogen) atoms. The van der Waals surface area contributed by atoms with Crippen molar-refractivity contribution in [1.29, 1.82) is 0 Å². The van der Waals surface area contributed by atoms with Crippen molar-refractivity contribution in [2.75, 3.05) is 5.75 Å². The summed E-state index contributed by atoms with van der Waals surface area (Å²) in [7, 11) is 0. The lowest BCUT2D eigenvalue weighted by atomic mass is 10.2. The Balaban J connectivity index is 1.51. The third-order valence-electron chi connectivity index (χ3n) is 4.40. The number of nitrogens with one attached hydrogen (secondary N) is 1. The lowest BCUT2D eigenvalue weighted by Gasteiger charge is -2.10. The molecule has 1 amide bonds. The molecule has 0 aliphatic rings. The summed E-state index contributed by atoms with van der Waals surface area (Å²) in [4.78, 5) is 12.3. The highest BCUT2D eigenvalue weighted by molar-refractivity contribution is 9.10. The van der Waals surface area contributed by atoms with Gasteiger partial charge in [-0.2, -0.15) is 5.10 Å². The second-order valence-corrected chi connectivity index (χ2v) is 9.49. The normalized spacial score (nSPS) is 11.1. The average Bonchev–Trinajstić information content (AvgIpc) is 3.23. The molecule has 0 radical (unpaired) electrons. The van der Waals surface area contributed by atoms with Gasteiger partial charge in [0.1, 0.15) is 0 Å². The van der Waals surface area contributed by atoms with Gasteiger partial charge in [-0.1, -0.05) is 63.0 Å². The smallest absolute Gasteiger partial charge is 0.250 e. The Bertz CT molecular complexity index is 1290. The maximum atomic E-state index is 12.3. The molecule has 4 rings (SSSR count). The Kier molecular flexibility index (Phi) is 7.82. The Morgan fingerprint density at radius 1 is 1.03 bits per heavy atom. The number of nitrogens with zero attached hydrogens (tertiary/aromatic N) is 4. The molecule has 0 aliphatic heterocycles. The quantitative estimate of drug-likeness (QED) is 0.165. The third kappa shape index (κ3) is 6.23. The number of carbonyl (C=O) groups excluding carboxylic acids is 1. The van der Waals surface area contributed by atoms with Crippen LogP contribution < -0.4 is 5.43 Å². The van der Waals surface area contributed by atoms with E-state index in [0.29, 0.717) is 21.0 Å². The van der Waals surface area contributed by atoms with Crippen LogP contribution in [-0.2, 0) is 4.79 Å². The maximum Gasteiger partial charge on any atom is 0.250 e. The summed E-state index contributed by atoms with van der Waals surface area (Å²) in [5.41, 5.74) is 5.07. The summed E-state index contributed by atoms with van der Waals surface area (Å²) in [6, 6.07) is 22.3. The van der Waals surface area contributed by atoms with Crippen LogP contribution in [0.2, 0.25) is 10.0 Å². The van der Waals surface area contributed by atoms with Gasteiger partial charge in [0.15, 0.2) is 11.0 Å². The van der Waals surface area contributed by atoms with Gasteiger partial charge in [-0.3, -0.25) is 9.36 Å². The van der Waals surface area contributed by atoms with Gasteiger partial charge in [-0.05, 0) is 66.2 Å². The Morgan fingerprint density at radius 3 is 2.42 bits per heavy atom. The van der Waals surface area contributed by atoms with Gasteiger partial charge in [0.2, 0.25) is 0 Å². The first-order valence-corrected chi connectivity index (χ1v) is 12.2. The summed E-state index contributed by atoms with van der Waals surface area (Å²) < 4.78 is 2.81. The van der Waals surface area contributed by atoms with E-state index in [0.717, 1.165) is 21.3 Å². The van der Waals surface area contributed by atoms with Crippen molar-refractivity contribution < 1.29 is 4.79 Å². The molecule has 0 saturated carbocycles. The number of aromatic nitrogens is 3. The summed E-state index contributed by atoms with van der Waals surface area (Å²) in [6.45, 7) is 0. The van der Waals surface area contributed by atoms with Crippen LogP contribution in [0.4, 0.5) is 0 Å². The van der Waals surface area contributed by atoms with Gasteiger partial charge >= 0.3 is 0 Å². The summed E-state index contributed by atoms with van der Waals surface area (Å²) in [5, 5.41) is 14.5. The first-order valence-electron chi connectivity index (χ1n) is 9.67. The van der Waals surface area contributed by atoms with Gasteiger partial charge in [0.25, 0.3) is 5.91 Å². The second-order valence-electron chi connectivity index (χ2n) is 6.76. The highest BCUT2D eigenvalue weighted by Crippen LogP contribution is 2.29. The molecule has 0 aliphatic carbocycles. The zero-order chi connectivity index (χ0) is 23.2. The summed E-state index contributed by atoms with van der Waals surface area (Å²) in [5.74, 6) is 0.483. The minimum Gasteiger partial charge on any atom is -0.272 e. The van der Waals surface area contributed by atoms with Crippen LogP contribution in [0.15, 0.2) is 87.5 Å². The standard InChI is InChI=1S/C23H16BrCl2N5OS/c24-17-3-1-2-15(12-17)13-27-28-21(32)14-33-23-30-29-22(16-4-6-18(25)7-5-16)31(23)20-10-8-19(26)9-11-20/h1-13H,14H2,(H,28,32)/b27-13-. The van der Waals surface area contributed by atoms with Crippen LogP contribution in [0.5, 0.6) is 0 Å².